The molecule has 1 saturated carbocycles. The molecule has 2 N–H and O–H groups in total. The highest BCUT2D eigenvalue weighted by Crippen LogP contribution is 2.27. The van der Waals surface area contributed by atoms with Gasteiger partial charge in [-0.15, -0.1) is 24.8 Å². The van der Waals surface area contributed by atoms with Crippen molar-refractivity contribution in [3.63, 3.8) is 0 Å². The van der Waals surface area contributed by atoms with E-state index >= 15 is 0 Å². The summed E-state index contributed by atoms with van der Waals surface area (Å²) in [7, 11) is 0. The van der Waals surface area contributed by atoms with Crippen molar-refractivity contribution in [1.29, 1.82) is 0 Å². The van der Waals surface area contributed by atoms with Crippen molar-refractivity contribution in [2.75, 3.05) is 26.2 Å². The van der Waals surface area contributed by atoms with Crippen LogP contribution in [-0.2, 0) is 0 Å². The lowest BCUT2D eigenvalue weighted by Gasteiger charge is -2.29. The molecule has 1 aliphatic carbocycles. The minimum Gasteiger partial charge on any atom is -0.316 e. The van der Waals surface area contributed by atoms with E-state index in [1.807, 2.05) is 0 Å². The maximum atomic E-state index is 3.62. The molecule has 0 saturated heterocycles. The fourth-order valence-electron chi connectivity index (χ4n) is 2.86. The van der Waals surface area contributed by atoms with Crippen LogP contribution in [0.1, 0.15) is 65.2 Å². The molecule has 0 bridgehead atoms. The van der Waals surface area contributed by atoms with Crippen molar-refractivity contribution in [2.24, 2.45) is 11.8 Å². The molecule has 1 rings (SSSR count). The molecule has 0 atom stereocenters. The van der Waals surface area contributed by atoms with Crippen LogP contribution in [-0.4, -0.2) is 26.2 Å². The Morgan fingerprint density at radius 1 is 0.700 bits per heavy atom. The summed E-state index contributed by atoms with van der Waals surface area (Å²) in [6.45, 7) is 9.48. The lowest BCUT2D eigenvalue weighted by Crippen LogP contribution is -2.31. The lowest BCUT2D eigenvalue weighted by atomic mass is 9.82. The fourth-order valence-corrected chi connectivity index (χ4v) is 2.86. The van der Waals surface area contributed by atoms with Crippen LogP contribution in [0.15, 0.2) is 0 Å². The van der Waals surface area contributed by atoms with Crippen LogP contribution < -0.4 is 10.6 Å². The van der Waals surface area contributed by atoms with E-state index in [4.69, 9.17) is 0 Å². The topological polar surface area (TPSA) is 24.1 Å². The Morgan fingerprint density at radius 3 is 1.35 bits per heavy atom. The normalized spacial score (nSPS) is 21.9. The van der Waals surface area contributed by atoms with E-state index in [0.29, 0.717) is 0 Å². The average molecular weight is 327 g/mol. The maximum absolute atomic E-state index is 3.62. The molecule has 0 radical (unpaired) electrons. The number of nitrogens with one attached hydrogen (secondary N) is 2. The largest absolute Gasteiger partial charge is 0.316 e. The Labute approximate surface area is 139 Å². The van der Waals surface area contributed by atoms with Gasteiger partial charge in [-0.05, 0) is 76.5 Å². The second kappa shape index (κ2) is 15.9. The summed E-state index contributed by atoms with van der Waals surface area (Å²) in [5.41, 5.74) is 0. The molecule has 1 fully saturated rings. The van der Waals surface area contributed by atoms with E-state index in [1.165, 1.54) is 77.5 Å². The van der Waals surface area contributed by atoms with E-state index in [2.05, 4.69) is 24.5 Å². The summed E-state index contributed by atoms with van der Waals surface area (Å²) in [5, 5.41) is 7.23. The van der Waals surface area contributed by atoms with Gasteiger partial charge >= 0.3 is 0 Å². The molecule has 124 valence electrons. The predicted octanol–water partition coefficient (Wildman–Crippen LogP) is 4.42. The Balaban J connectivity index is 0. The van der Waals surface area contributed by atoms with Crippen LogP contribution in [0.5, 0.6) is 0 Å². The van der Waals surface area contributed by atoms with Gasteiger partial charge in [-0.2, -0.15) is 0 Å². The highest BCUT2D eigenvalue weighted by Gasteiger charge is 2.20. The number of halogens is 2. The summed E-state index contributed by atoms with van der Waals surface area (Å²) in [6.07, 6.45) is 11.1. The molecular weight excluding hydrogens is 291 g/mol. The third-order valence-electron chi connectivity index (χ3n) is 4.25. The molecule has 0 aliphatic heterocycles. The summed E-state index contributed by atoms with van der Waals surface area (Å²) in [4.78, 5) is 0. The highest BCUT2D eigenvalue weighted by atomic mass is 35.5. The molecular formula is C16H36Cl2N2. The smallest absolute Gasteiger partial charge is 0.00205 e. The average Bonchev–Trinajstić information content (AvgIpc) is 2.41. The SMILES string of the molecule is CCCCNCC1CCC(CNCCCC)CC1.Cl.Cl. The molecule has 2 nitrogen and oxygen atoms in total. The standard InChI is InChI=1S/C16H34N2.2ClH/c1-3-5-11-17-13-15-7-9-16(10-8-15)14-18-12-6-4-2;;/h15-18H,3-14H2,1-2H3;2*1H. The van der Waals surface area contributed by atoms with Gasteiger partial charge in [0.25, 0.3) is 0 Å². The summed E-state index contributed by atoms with van der Waals surface area (Å²) < 4.78 is 0. The number of hydrogen-bond donors (Lipinski definition) is 2. The Kier molecular flexibility index (Phi) is 18.1. The minimum absolute atomic E-state index is 0. The molecule has 0 heterocycles. The van der Waals surface area contributed by atoms with Gasteiger partial charge in [0, 0.05) is 0 Å². The van der Waals surface area contributed by atoms with Crippen molar-refractivity contribution in [3.8, 4) is 0 Å². The van der Waals surface area contributed by atoms with Gasteiger partial charge in [-0.3, -0.25) is 0 Å². The third-order valence-corrected chi connectivity index (χ3v) is 4.25. The molecule has 20 heavy (non-hydrogen) atoms. The lowest BCUT2D eigenvalue weighted by molar-refractivity contribution is 0.261. The van der Waals surface area contributed by atoms with Gasteiger partial charge in [0.15, 0.2) is 0 Å². The van der Waals surface area contributed by atoms with Crippen molar-refractivity contribution < 1.29 is 0 Å². The monoisotopic (exact) mass is 326 g/mol. The van der Waals surface area contributed by atoms with Crippen molar-refractivity contribution in [3.05, 3.63) is 0 Å². The zero-order valence-corrected chi connectivity index (χ0v) is 15.1. The fraction of sp³-hybridized carbons (Fsp3) is 1.00. The minimum atomic E-state index is 0. The molecule has 0 amide bonds. The van der Waals surface area contributed by atoms with E-state index in [1.54, 1.807) is 0 Å². The van der Waals surface area contributed by atoms with Gasteiger partial charge in [-0.1, -0.05) is 26.7 Å². The van der Waals surface area contributed by atoms with Crippen LogP contribution in [0, 0.1) is 11.8 Å². The first kappa shape index (κ1) is 22.8. The first-order chi connectivity index (χ1) is 8.86. The van der Waals surface area contributed by atoms with Crippen LogP contribution >= 0.6 is 24.8 Å². The summed E-state index contributed by atoms with van der Waals surface area (Å²) in [5.74, 6) is 1.91. The predicted molar refractivity (Wildman–Crippen MR) is 95.5 cm³/mol. The maximum Gasteiger partial charge on any atom is -0.00205 e. The molecule has 0 aromatic carbocycles. The number of unbranched alkanes of at least 4 members (excludes halogenated alkanes) is 2. The van der Waals surface area contributed by atoms with Crippen molar-refractivity contribution >= 4 is 24.8 Å². The van der Waals surface area contributed by atoms with Crippen LogP contribution in [0.2, 0.25) is 0 Å². The van der Waals surface area contributed by atoms with Crippen LogP contribution in [0.4, 0.5) is 0 Å². The number of rotatable bonds is 10. The van der Waals surface area contributed by atoms with Gasteiger partial charge in [-0.25, -0.2) is 0 Å². The summed E-state index contributed by atoms with van der Waals surface area (Å²) in [6, 6.07) is 0. The number of hydrogen-bond acceptors (Lipinski definition) is 2. The van der Waals surface area contributed by atoms with Gasteiger partial charge in [0.05, 0.1) is 0 Å². The third kappa shape index (κ3) is 11.2. The first-order valence-corrected chi connectivity index (χ1v) is 8.28. The molecule has 1 aliphatic rings. The molecule has 4 heteroatoms. The quantitative estimate of drug-likeness (QED) is 0.581. The zero-order valence-electron chi connectivity index (χ0n) is 13.5. The van der Waals surface area contributed by atoms with Crippen molar-refractivity contribution in [1.82, 2.24) is 10.6 Å². The highest BCUT2D eigenvalue weighted by molar-refractivity contribution is 5.85. The van der Waals surface area contributed by atoms with E-state index in [9.17, 15) is 0 Å². The van der Waals surface area contributed by atoms with Gasteiger partial charge < -0.3 is 10.6 Å². The molecule has 0 aromatic heterocycles. The van der Waals surface area contributed by atoms with Crippen LogP contribution in [0.25, 0.3) is 0 Å². The molecule has 0 spiro atoms. The summed E-state index contributed by atoms with van der Waals surface area (Å²) >= 11 is 0. The second-order valence-corrected chi connectivity index (χ2v) is 6.00. The Hall–Kier alpha value is 0.500. The second-order valence-electron chi connectivity index (χ2n) is 6.00. The van der Waals surface area contributed by atoms with Gasteiger partial charge in [0.1, 0.15) is 0 Å². The van der Waals surface area contributed by atoms with E-state index < -0.39 is 0 Å². The van der Waals surface area contributed by atoms with Crippen molar-refractivity contribution in [2.45, 2.75) is 65.2 Å². The van der Waals surface area contributed by atoms with E-state index in [-0.39, 0.29) is 24.8 Å². The Bertz CT molecular complexity index is 163. The van der Waals surface area contributed by atoms with Gasteiger partial charge in [0.2, 0.25) is 0 Å². The zero-order chi connectivity index (χ0) is 13.1. The van der Waals surface area contributed by atoms with Crippen LogP contribution in [0.3, 0.4) is 0 Å². The van der Waals surface area contributed by atoms with E-state index in [0.717, 1.165) is 11.8 Å². The Morgan fingerprint density at radius 2 is 1.05 bits per heavy atom. The molecule has 0 aromatic rings. The molecule has 0 unspecified atom stereocenters. The first-order valence-electron chi connectivity index (χ1n) is 8.28.